The van der Waals surface area contributed by atoms with Gasteiger partial charge in [0.15, 0.2) is 0 Å². The number of nitrogens with zero attached hydrogens (tertiary/aromatic N) is 1. The fourth-order valence-corrected chi connectivity index (χ4v) is 2.30. The van der Waals surface area contributed by atoms with Crippen LogP contribution in [0.25, 0.3) is 0 Å². The van der Waals surface area contributed by atoms with Crippen LogP contribution in [0.1, 0.15) is 58.3 Å². The highest BCUT2D eigenvalue weighted by Gasteiger charge is 1.98. The maximum Gasteiger partial charge on any atom is 0.0422 e. The first-order valence-corrected chi connectivity index (χ1v) is 7.55. The van der Waals surface area contributed by atoms with Crippen molar-refractivity contribution >= 4 is 25.3 Å². The third kappa shape index (κ3) is 10.9. The van der Waals surface area contributed by atoms with Crippen molar-refractivity contribution in [2.24, 2.45) is 0 Å². The summed E-state index contributed by atoms with van der Waals surface area (Å²) in [5.74, 6) is 1.67. The highest BCUT2D eigenvalue weighted by atomic mass is 32.1. The molecule has 0 aromatic carbocycles. The average Bonchev–Trinajstić information content (AvgIpc) is 2.27. The Labute approximate surface area is 107 Å². The standard InChI is InChI=1S/C12H27NS2/c1-2-3-4-5-6-7-8-9-10-13(11-14)12-15/h14-15H,2-12H2,1H3. The molecule has 0 aromatic heterocycles. The van der Waals surface area contributed by atoms with E-state index in [4.69, 9.17) is 0 Å². The van der Waals surface area contributed by atoms with Gasteiger partial charge in [-0.1, -0.05) is 51.9 Å². The molecule has 0 N–H and O–H groups in total. The van der Waals surface area contributed by atoms with Gasteiger partial charge in [0.1, 0.15) is 0 Å². The minimum Gasteiger partial charge on any atom is -0.285 e. The monoisotopic (exact) mass is 249 g/mol. The van der Waals surface area contributed by atoms with Gasteiger partial charge in [0.25, 0.3) is 0 Å². The molecule has 1 nitrogen and oxygen atoms in total. The van der Waals surface area contributed by atoms with Crippen molar-refractivity contribution in [2.45, 2.75) is 58.3 Å². The fourth-order valence-electron chi connectivity index (χ4n) is 1.66. The fraction of sp³-hybridized carbons (Fsp3) is 1.00. The average molecular weight is 249 g/mol. The molecule has 0 rings (SSSR count). The summed E-state index contributed by atoms with van der Waals surface area (Å²) in [6.45, 7) is 3.42. The van der Waals surface area contributed by atoms with Crippen LogP contribution in [0, 0.1) is 0 Å². The molecule has 0 aliphatic rings. The Kier molecular flexibility index (Phi) is 13.3. The zero-order chi connectivity index (χ0) is 11.4. The SMILES string of the molecule is CCCCCCCCCCN(CS)CS. The highest BCUT2D eigenvalue weighted by molar-refractivity contribution is 7.81. The quantitative estimate of drug-likeness (QED) is 0.315. The molecule has 0 atom stereocenters. The van der Waals surface area contributed by atoms with Gasteiger partial charge in [-0.15, -0.1) is 0 Å². The van der Waals surface area contributed by atoms with Crippen molar-refractivity contribution in [2.75, 3.05) is 18.3 Å². The minimum absolute atomic E-state index is 0.833. The molecule has 0 amide bonds. The molecule has 3 heteroatoms. The van der Waals surface area contributed by atoms with E-state index in [9.17, 15) is 0 Å². The summed E-state index contributed by atoms with van der Waals surface area (Å²) in [5.41, 5.74) is 0. The third-order valence-corrected chi connectivity index (χ3v) is 3.53. The van der Waals surface area contributed by atoms with Gasteiger partial charge in [0.05, 0.1) is 0 Å². The molecule has 92 valence electrons. The molecular formula is C12H27NS2. The van der Waals surface area contributed by atoms with E-state index in [1.54, 1.807) is 0 Å². The topological polar surface area (TPSA) is 3.24 Å². The Bertz CT molecular complexity index is 116. The van der Waals surface area contributed by atoms with Crippen LogP contribution in [0.5, 0.6) is 0 Å². The van der Waals surface area contributed by atoms with E-state index in [-0.39, 0.29) is 0 Å². The Morgan fingerprint density at radius 1 is 0.733 bits per heavy atom. The molecule has 0 spiro atoms. The van der Waals surface area contributed by atoms with Crippen LogP contribution in [0.4, 0.5) is 0 Å². The Morgan fingerprint density at radius 3 is 1.67 bits per heavy atom. The molecule has 15 heavy (non-hydrogen) atoms. The van der Waals surface area contributed by atoms with Crippen LogP contribution in [-0.2, 0) is 0 Å². The van der Waals surface area contributed by atoms with Gasteiger partial charge in [-0.2, -0.15) is 25.3 Å². The maximum absolute atomic E-state index is 4.25. The summed E-state index contributed by atoms with van der Waals surface area (Å²) in [6, 6.07) is 0. The van der Waals surface area contributed by atoms with Crippen LogP contribution in [0.3, 0.4) is 0 Å². The first kappa shape index (κ1) is 15.7. The van der Waals surface area contributed by atoms with Crippen LogP contribution < -0.4 is 0 Å². The van der Waals surface area contributed by atoms with Crippen molar-refractivity contribution in [3.63, 3.8) is 0 Å². The van der Waals surface area contributed by atoms with Gasteiger partial charge < -0.3 is 0 Å². The van der Waals surface area contributed by atoms with E-state index in [0.29, 0.717) is 0 Å². The first-order valence-electron chi connectivity index (χ1n) is 6.29. The summed E-state index contributed by atoms with van der Waals surface area (Å²) < 4.78 is 0. The smallest absolute Gasteiger partial charge is 0.0422 e. The lowest BCUT2D eigenvalue weighted by Gasteiger charge is -2.16. The predicted molar refractivity (Wildman–Crippen MR) is 77.0 cm³/mol. The van der Waals surface area contributed by atoms with E-state index < -0.39 is 0 Å². The Hall–Kier alpha value is 0.660. The van der Waals surface area contributed by atoms with Gasteiger partial charge in [0, 0.05) is 11.8 Å². The van der Waals surface area contributed by atoms with Gasteiger partial charge in [0.2, 0.25) is 0 Å². The van der Waals surface area contributed by atoms with Crippen LogP contribution in [-0.4, -0.2) is 23.2 Å². The van der Waals surface area contributed by atoms with Crippen molar-refractivity contribution < 1.29 is 0 Å². The van der Waals surface area contributed by atoms with Crippen LogP contribution in [0.2, 0.25) is 0 Å². The molecule has 0 saturated carbocycles. The summed E-state index contributed by atoms with van der Waals surface area (Å²) >= 11 is 8.51. The first-order chi connectivity index (χ1) is 7.35. The molecule has 0 aliphatic carbocycles. The predicted octanol–water partition coefficient (Wildman–Crippen LogP) is 4.20. The van der Waals surface area contributed by atoms with E-state index >= 15 is 0 Å². The van der Waals surface area contributed by atoms with E-state index in [1.807, 2.05) is 0 Å². The van der Waals surface area contributed by atoms with Crippen molar-refractivity contribution in [3.05, 3.63) is 0 Å². The zero-order valence-corrected chi connectivity index (χ0v) is 11.9. The molecule has 0 radical (unpaired) electrons. The van der Waals surface area contributed by atoms with Crippen molar-refractivity contribution in [1.82, 2.24) is 4.90 Å². The number of thiol groups is 2. The van der Waals surface area contributed by atoms with E-state index in [0.717, 1.165) is 18.3 Å². The largest absolute Gasteiger partial charge is 0.285 e. The molecule has 0 unspecified atom stereocenters. The van der Waals surface area contributed by atoms with Gasteiger partial charge >= 0.3 is 0 Å². The minimum atomic E-state index is 0.833. The molecule has 0 aliphatic heterocycles. The molecule has 0 saturated heterocycles. The van der Waals surface area contributed by atoms with E-state index in [2.05, 4.69) is 37.1 Å². The lowest BCUT2D eigenvalue weighted by atomic mass is 10.1. The highest BCUT2D eigenvalue weighted by Crippen LogP contribution is 2.09. The lowest BCUT2D eigenvalue weighted by molar-refractivity contribution is 0.364. The summed E-state index contributed by atoms with van der Waals surface area (Å²) in [6.07, 6.45) is 11.1. The number of hydrogen-bond donors (Lipinski definition) is 2. The molecular weight excluding hydrogens is 222 g/mol. The van der Waals surface area contributed by atoms with Gasteiger partial charge in [-0.05, 0) is 13.0 Å². The van der Waals surface area contributed by atoms with Gasteiger partial charge in [-0.25, -0.2) is 0 Å². The van der Waals surface area contributed by atoms with E-state index in [1.165, 1.54) is 51.4 Å². The van der Waals surface area contributed by atoms with Crippen molar-refractivity contribution in [3.8, 4) is 0 Å². The molecule has 0 bridgehead atoms. The molecule has 0 heterocycles. The molecule has 0 fully saturated rings. The molecule has 0 aromatic rings. The number of rotatable bonds is 11. The normalized spacial score (nSPS) is 11.2. The zero-order valence-electron chi connectivity index (χ0n) is 10.1. The number of hydrogen-bond acceptors (Lipinski definition) is 3. The van der Waals surface area contributed by atoms with Gasteiger partial charge in [-0.3, -0.25) is 4.90 Å². The Balaban J connectivity index is 3.04. The maximum atomic E-state index is 4.25. The Morgan fingerprint density at radius 2 is 1.20 bits per heavy atom. The third-order valence-electron chi connectivity index (χ3n) is 2.73. The summed E-state index contributed by atoms with van der Waals surface area (Å²) in [5, 5.41) is 0. The second-order valence-electron chi connectivity index (χ2n) is 4.15. The van der Waals surface area contributed by atoms with Crippen LogP contribution in [0.15, 0.2) is 0 Å². The lowest BCUT2D eigenvalue weighted by Crippen LogP contribution is -2.21. The summed E-state index contributed by atoms with van der Waals surface area (Å²) in [4.78, 5) is 2.25. The summed E-state index contributed by atoms with van der Waals surface area (Å²) in [7, 11) is 0. The van der Waals surface area contributed by atoms with Crippen LogP contribution >= 0.6 is 25.3 Å². The number of unbranched alkanes of at least 4 members (excludes halogenated alkanes) is 7. The second-order valence-corrected chi connectivity index (χ2v) is 4.72. The van der Waals surface area contributed by atoms with Crippen molar-refractivity contribution in [1.29, 1.82) is 0 Å². The second kappa shape index (κ2) is 12.7.